The first-order valence-corrected chi connectivity index (χ1v) is 7.84. The van der Waals surface area contributed by atoms with Crippen LogP contribution in [0.2, 0.25) is 0 Å². The van der Waals surface area contributed by atoms with Gasteiger partial charge in [-0.15, -0.1) is 0 Å². The number of aromatic nitrogens is 2. The molecule has 0 aliphatic heterocycles. The molecule has 0 spiro atoms. The van der Waals surface area contributed by atoms with Crippen LogP contribution in [0.3, 0.4) is 0 Å². The van der Waals surface area contributed by atoms with Gasteiger partial charge in [-0.2, -0.15) is 5.10 Å². The first-order chi connectivity index (χ1) is 7.88. The van der Waals surface area contributed by atoms with Crippen molar-refractivity contribution in [1.82, 2.24) is 15.5 Å². The molecule has 1 aromatic heterocycles. The molecule has 17 heavy (non-hydrogen) atoms. The van der Waals surface area contributed by atoms with Gasteiger partial charge < -0.3 is 5.32 Å². The number of sulfone groups is 1. The molecule has 1 rings (SSSR count). The lowest BCUT2D eigenvalue weighted by atomic mass is 10.1. The Morgan fingerprint density at radius 2 is 2.24 bits per heavy atom. The summed E-state index contributed by atoms with van der Waals surface area (Å²) in [6.07, 6.45) is 5.05. The zero-order valence-electron chi connectivity index (χ0n) is 10.7. The monoisotopic (exact) mass is 259 g/mol. The molecule has 0 bridgehead atoms. The quantitative estimate of drug-likeness (QED) is 0.706. The summed E-state index contributed by atoms with van der Waals surface area (Å²) in [5.41, 5.74) is 2.33. The zero-order valence-corrected chi connectivity index (χ0v) is 11.5. The molecule has 1 heterocycles. The predicted molar refractivity (Wildman–Crippen MR) is 68.8 cm³/mol. The summed E-state index contributed by atoms with van der Waals surface area (Å²) in [5.74, 6) is 0.192. The molecular formula is C11H21N3O2S. The van der Waals surface area contributed by atoms with Crippen molar-refractivity contribution in [3.05, 3.63) is 17.5 Å². The molecule has 0 radical (unpaired) electrons. The second kappa shape index (κ2) is 6.16. The fraction of sp³-hybridized carbons (Fsp3) is 0.727. The van der Waals surface area contributed by atoms with Crippen LogP contribution in [0.15, 0.2) is 6.20 Å². The Bertz CT molecular complexity index is 439. The van der Waals surface area contributed by atoms with Gasteiger partial charge in [0.25, 0.3) is 0 Å². The average Bonchev–Trinajstić information content (AvgIpc) is 2.56. The lowest BCUT2D eigenvalue weighted by molar-refractivity contribution is 0.551. The van der Waals surface area contributed by atoms with E-state index in [9.17, 15) is 8.42 Å². The molecular weight excluding hydrogens is 238 g/mol. The summed E-state index contributed by atoms with van der Waals surface area (Å²) in [5, 5.41) is 10.1. The Morgan fingerprint density at radius 3 is 2.76 bits per heavy atom. The average molecular weight is 259 g/mol. The van der Waals surface area contributed by atoms with Gasteiger partial charge in [0.05, 0.1) is 11.9 Å². The Balaban J connectivity index is 2.18. The van der Waals surface area contributed by atoms with Gasteiger partial charge in [-0.25, -0.2) is 8.42 Å². The fourth-order valence-corrected chi connectivity index (χ4v) is 2.79. The van der Waals surface area contributed by atoms with E-state index < -0.39 is 9.84 Å². The standard InChI is InChI=1S/C11H21N3O2S/c1-9(8-17(3,15)16)12-6-4-5-11-7-13-14-10(11)2/h7,9,12H,4-6,8H2,1-3H3,(H,13,14). The minimum atomic E-state index is -2.89. The van der Waals surface area contributed by atoms with E-state index in [1.165, 1.54) is 11.8 Å². The van der Waals surface area contributed by atoms with Crippen LogP contribution in [0.5, 0.6) is 0 Å². The number of H-pyrrole nitrogens is 1. The number of nitrogens with zero attached hydrogens (tertiary/aromatic N) is 1. The van der Waals surface area contributed by atoms with Gasteiger partial charge in [-0.3, -0.25) is 5.10 Å². The highest BCUT2D eigenvalue weighted by atomic mass is 32.2. The van der Waals surface area contributed by atoms with Gasteiger partial charge >= 0.3 is 0 Å². The molecule has 0 aliphatic carbocycles. The summed E-state index contributed by atoms with van der Waals surface area (Å²) < 4.78 is 22.1. The summed E-state index contributed by atoms with van der Waals surface area (Å²) in [7, 11) is -2.89. The van der Waals surface area contributed by atoms with Crippen molar-refractivity contribution in [2.75, 3.05) is 18.6 Å². The SMILES string of the molecule is Cc1[nH]ncc1CCCNC(C)CS(C)(=O)=O. The van der Waals surface area contributed by atoms with E-state index in [1.54, 1.807) is 0 Å². The Kier molecular flexibility index (Phi) is 5.14. The van der Waals surface area contributed by atoms with Crippen LogP contribution in [0.4, 0.5) is 0 Å². The lowest BCUT2D eigenvalue weighted by Crippen LogP contribution is -2.33. The highest BCUT2D eigenvalue weighted by Gasteiger charge is 2.09. The lowest BCUT2D eigenvalue weighted by Gasteiger charge is -2.12. The van der Waals surface area contributed by atoms with E-state index >= 15 is 0 Å². The highest BCUT2D eigenvalue weighted by Crippen LogP contribution is 2.05. The number of aryl methyl sites for hydroxylation is 2. The smallest absolute Gasteiger partial charge is 0.148 e. The van der Waals surface area contributed by atoms with Crippen molar-refractivity contribution in [3.63, 3.8) is 0 Å². The van der Waals surface area contributed by atoms with Gasteiger partial charge in [0.15, 0.2) is 0 Å². The third-order valence-electron chi connectivity index (χ3n) is 2.60. The van der Waals surface area contributed by atoms with Gasteiger partial charge in [0.1, 0.15) is 9.84 Å². The summed E-state index contributed by atoms with van der Waals surface area (Å²) >= 11 is 0. The predicted octanol–water partition coefficient (Wildman–Crippen LogP) is 0.673. The summed E-state index contributed by atoms with van der Waals surface area (Å²) in [6, 6.07) is 0.00967. The molecule has 0 saturated heterocycles. The molecule has 0 saturated carbocycles. The zero-order chi connectivity index (χ0) is 12.9. The molecule has 0 aliphatic rings. The van der Waals surface area contributed by atoms with Crippen molar-refractivity contribution in [3.8, 4) is 0 Å². The van der Waals surface area contributed by atoms with Crippen molar-refractivity contribution in [1.29, 1.82) is 0 Å². The largest absolute Gasteiger partial charge is 0.313 e. The number of hydrogen-bond donors (Lipinski definition) is 2. The number of hydrogen-bond acceptors (Lipinski definition) is 4. The first kappa shape index (κ1) is 14.2. The molecule has 6 heteroatoms. The third kappa shape index (κ3) is 5.83. The van der Waals surface area contributed by atoms with Crippen molar-refractivity contribution in [2.45, 2.75) is 32.7 Å². The molecule has 0 fully saturated rings. The number of nitrogens with one attached hydrogen (secondary N) is 2. The Morgan fingerprint density at radius 1 is 1.53 bits per heavy atom. The molecule has 1 unspecified atom stereocenters. The van der Waals surface area contributed by atoms with Gasteiger partial charge in [0, 0.05) is 18.0 Å². The van der Waals surface area contributed by atoms with E-state index in [2.05, 4.69) is 15.5 Å². The van der Waals surface area contributed by atoms with Crippen LogP contribution in [0.25, 0.3) is 0 Å². The minimum Gasteiger partial charge on any atom is -0.313 e. The molecule has 0 amide bonds. The number of aromatic amines is 1. The van der Waals surface area contributed by atoms with Crippen LogP contribution >= 0.6 is 0 Å². The Labute approximate surface area is 103 Å². The fourth-order valence-electron chi connectivity index (χ4n) is 1.77. The van der Waals surface area contributed by atoms with Gasteiger partial charge in [0.2, 0.25) is 0 Å². The molecule has 5 nitrogen and oxygen atoms in total. The van der Waals surface area contributed by atoms with E-state index in [0.29, 0.717) is 0 Å². The maximum Gasteiger partial charge on any atom is 0.148 e. The molecule has 0 aromatic carbocycles. The normalized spacial score (nSPS) is 13.8. The van der Waals surface area contributed by atoms with Crippen LogP contribution in [-0.4, -0.2) is 43.2 Å². The molecule has 1 aromatic rings. The summed E-state index contributed by atoms with van der Waals surface area (Å²) in [6.45, 7) is 4.72. The van der Waals surface area contributed by atoms with E-state index in [1.807, 2.05) is 20.0 Å². The van der Waals surface area contributed by atoms with Crippen LogP contribution < -0.4 is 5.32 Å². The van der Waals surface area contributed by atoms with E-state index in [-0.39, 0.29) is 11.8 Å². The maximum absolute atomic E-state index is 11.1. The highest BCUT2D eigenvalue weighted by molar-refractivity contribution is 7.90. The minimum absolute atomic E-state index is 0.00967. The molecule has 1 atom stereocenters. The van der Waals surface area contributed by atoms with Crippen molar-refractivity contribution >= 4 is 9.84 Å². The second-order valence-corrected chi connectivity index (χ2v) is 6.76. The van der Waals surface area contributed by atoms with Gasteiger partial charge in [-0.1, -0.05) is 0 Å². The van der Waals surface area contributed by atoms with Gasteiger partial charge in [-0.05, 0) is 38.8 Å². The van der Waals surface area contributed by atoms with Crippen LogP contribution in [-0.2, 0) is 16.3 Å². The number of rotatable bonds is 7. The van der Waals surface area contributed by atoms with Crippen molar-refractivity contribution < 1.29 is 8.42 Å². The first-order valence-electron chi connectivity index (χ1n) is 5.78. The molecule has 2 N–H and O–H groups in total. The maximum atomic E-state index is 11.1. The van der Waals surface area contributed by atoms with E-state index in [4.69, 9.17) is 0 Å². The molecule has 98 valence electrons. The van der Waals surface area contributed by atoms with Crippen molar-refractivity contribution in [2.24, 2.45) is 0 Å². The van der Waals surface area contributed by atoms with Crippen LogP contribution in [0, 0.1) is 6.92 Å². The third-order valence-corrected chi connectivity index (χ3v) is 3.71. The topological polar surface area (TPSA) is 74.8 Å². The van der Waals surface area contributed by atoms with E-state index in [0.717, 1.165) is 25.1 Å². The summed E-state index contributed by atoms with van der Waals surface area (Å²) in [4.78, 5) is 0. The second-order valence-electron chi connectivity index (χ2n) is 4.57. The van der Waals surface area contributed by atoms with Crippen LogP contribution in [0.1, 0.15) is 24.6 Å². The Hall–Kier alpha value is -0.880.